The van der Waals surface area contributed by atoms with E-state index in [1.165, 1.54) is 0 Å². The molecule has 2 aliphatic rings. The van der Waals surface area contributed by atoms with Gasteiger partial charge in [0.1, 0.15) is 5.75 Å². The molecule has 3 heterocycles. The van der Waals surface area contributed by atoms with Crippen molar-refractivity contribution in [2.24, 2.45) is 11.8 Å². The number of aromatic hydroxyl groups is 1. The summed E-state index contributed by atoms with van der Waals surface area (Å²) < 4.78 is 0. The summed E-state index contributed by atoms with van der Waals surface area (Å²) in [7, 11) is 2.18. The molecule has 4 rings (SSSR count). The first-order chi connectivity index (χ1) is 13.4. The lowest BCUT2D eigenvalue weighted by molar-refractivity contribution is 0.0691. The first-order valence-corrected chi connectivity index (χ1v) is 9.64. The van der Waals surface area contributed by atoms with E-state index < -0.39 is 22.8 Å². The van der Waals surface area contributed by atoms with E-state index >= 15 is 0 Å². The number of aromatic nitrogens is 1. The van der Waals surface area contributed by atoms with Crippen LogP contribution >= 0.6 is 12.4 Å². The van der Waals surface area contributed by atoms with Crippen LogP contribution in [0.1, 0.15) is 22.8 Å². The fraction of sp³-hybridized carbons (Fsp3) is 0.429. The number of nitrogens with zero attached hydrogens (tertiary/aromatic N) is 2. The van der Waals surface area contributed by atoms with Gasteiger partial charge in [0.05, 0.1) is 5.69 Å². The van der Waals surface area contributed by atoms with E-state index in [2.05, 4.69) is 21.8 Å². The predicted octanol–water partition coefficient (Wildman–Crippen LogP) is 2.43. The van der Waals surface area contributed by atoms with Gasteiger partial charge < -0.3 is 25.0 Å². The Balaban J connectivity index is 0.00000240. The Morgan fingerprint density at radius 2 is 1.72 bits per heavy atom. The van der Waals surface area contributed by atoms with Crippen LogP contribution in [0.4, 0.5) is 5.69 Å². The topological polar surface area (TPSA) is 96.9 Å². The molecule has 0 saturated carbocycles. The summed E-state index contributed by atoms with van der Waals surface area (Å²) in [5.74, 6) is -0.448. The Labute approximate surface area is 175 Å². The van der Waals surface area contributed by atoms with Crippen molar-refractivity contribution in [2.75, 3.05) is 38.1 Å². The van der Waals surface area contributed by atoms with Gasteiger partial charge in [-0.05, 0) is 43.0 Å². The number of rotatable bonds is 4. The third-order valence-electron chi connectivity index (χ3n) is 6.05. The van der Waals surface area contributed by atoms with E-state index in [1.807, 2.05) is 31.2 Å². The second-order valence-electron chi connectivity index (χ2n) is 7.88. The van der Waals surface area contributed by atoms with E-state index in [9.17, 15) is 19.8 Å². The first kappa shape index (κ1) is 21.2. The largest absolute Gasteiger partial charge is 0.506 e. The van der Waals surface area contributed by atoms with Crippen molar-refractivity contribution in [2.45, 2.75) is 13.3 Å². The van der Waals surface area contributed by atoms with Crippen LogP contribution < -0.4 is 10.5 Å². The number of aromatic amines is 1. The highest BCUT2D eigenvalue weighted by molar-refractivity contribution is 5.92. The molecular weight excluding hydrogens is 394 g/mol. The Morgan fingerprint density at radius 1 is 1.14 bits per heavy atom. The minimum atomic E-state index is -1.43. The van der Waals surface area contributed by atoms with Gasteiger partial charge in [-0.3, -0.25) is 4.79 Å². The minimum absolute atomic E-state index is 0. The van der Waals surface area contributed by atoms with Gasteiger partial charge in [0.25, 0.3) is 5.56 Å². The van der Waals surface area contributed by atoms with Crippen molar-refractivity contribution in [3.8, 4) is 17.0 Å². The SMILES string of the molecule is CCc1c(-c2ccc(N3C[C@H]4CN(C)C[C@H]4C3)cc2)[nH]c(=O)c(C(=O)O)c1O.Cl. The van der Waals surface area contributed by atoms with Crippen molar-refractivity contribution in [1.29, 1.82) is 0 Å². The number of fused-ring (bicyclic) bond motifs is 1. The Bertz CT molecular complexity index is 959. The molecule has 0 aliphatic carbocycles. The van der Waals surface area contributed by atoms with Crippen molar-refractivity contribution in [1.82, 2.24) is 9.88 Å². The smallest absolute Gasteiger partial charge is 0.345 e. The fourth-order valence-corrected chi connectivity index (χ4v) is 4.69. The molecule has 2 atom stereocenters. The standard InChI is InChI=1S/C21H25N3O4.ClH/c1-3-16-18(22-20(26)17(19(16)25)21(27)28)12-4-6-15(7-5-12)24-10-13-8-23(2)9-14(13)11-24;/h4-7,13-14H,3,8-11H2,1-2H3,(H,27,28)(H2,22,25,26);1H/t13-,14+;. The molecule has 7 nitrogen and oxygen atoms in total. The van der Waals surface area contributed by atoms with E-state index in [-0.39, 0.29) is 12.4 Å². The van der Waals surface area contributed by atoms with E-state index in [0.29, 0.717) is 29.5 Å². The molecular formula is C21H26ClN3O4. The van der Waals surface area contributed by atoms with Crippen LogP contribution in [0.2, 0.25) is 0 Å². The molecule has 2 fully saturated rings. The van der Waals surface area contributed by atoms with Crippen molar-refractivity contribution >= 4 is 24.1 Å². The zero-order valence-corrected chi connectivity index (χ0v) is 17.3. The van der Waals surface area contributed by atoms with Gasteiger partial charge in [0.2, 0.25) is 0 Å². The van der Waals surface area contributed by atoms with Crippen LogP contribution in [-0.4, -0.2) is 59.3 Å². The molecule has 0 radical (unpaired) electrons. The minimum Gasteiger partial charge on any atom is -0.506 e. The summed E-state index contributed by atoms with van der Waals surface area (Å²) in [4.78, 5) is 30.9. The number of hydrogen-bond acceptors (Lipinski definition) is 5. The van der Waals surface area contributed by atoms with Crippen LogP contribution in [0, 0.1) is 11.8 Å². The Kier molecular flexibility index (Phi) is 5.91. The number of nitrogens with one attached hydrogen (secondary N) is 1. The van der Waals surface area contributed by atoms with Gasteiger partial charge in [-0.15, -0.1) is 12.4 Å². The second-order valence-corrected chi connectivity index (χ2v) is 7.88. The molecule has 0 unspecified atom stereocenters. The number of H-pyrrole nitrogens is 1. The van der Waals surface area contributed by atoms with Gasteiger partial charge in [-0.2, -0.15) is 0 Å². The van der Waals surface area contributed by atoms with Crippen LogP contribution in [0.3, 0.4) is 0 Å². The third kappa shape index (κ3) is 3.72. The lowest BCUT2D eigenvalue weighted by Gasteiger charge is -2.22. The fourth-order valence-electron chi connectivity index (χ4n) is 4.69. The van der Waals surface area contributed by atoms with E-state index in [0.717, 1.165) is 37.4 Å². The molecule has 2 aromatic rings. The molecule has 1 aromatic heterocycles. The normalized spacial score (nSPS) is 21.1. The molecule has 2 aliphatic heterocycles. The van der Waals surface area contributed by atoms with Crippen LogP contribution in [0.25, 0.3) is 11.3 Å². The zero-order chi connectivity index (χ0) is 20.0. The van der Waals surface area contributed by atoms with Crippen molar-refractivity contribution in [3.63, 3.8) is 0 Å². The number of likely N-dealkylation sites (tertiary alicyclic amines) is 1. The van der Waals surface area contributed by atoms with Gasteiger partial charge in [-0.25, -0.2) is 4.79 Å². The maximum Gasteiger partial charge on any atom is 0.345 e. The highest BCUT2D eigenvalue weighted by atomic mass is 35.5. The summed E-state index contributed by atoms with van der Waals surface area (Å²) in [6.07, 6.45) is 0.406. The lowest BCUT2D eigenvalue weighted by Crippen LogP contribution is -2.26. The average molecular weight is 420 g/mol. The van der Waals surface area contributed by atoms with Crippen molar-refractivity contribution in [3.05, 3.63) is 45.7 Å². The molecule has 0 spiro atoms. The number of halogens is 1. The first-order valence-electron chi connectivity index (χ1n) is 9.64. The number of carbonyl (C=O) groups is 1. The number of carboxylic acid groups (broad SMARTS) is 1. The third-order valence-corrected chi connectivity index (χ3v) is 6.05. The number of carboxylic acids is 1. The highest BCUT2D eigenvalue weighted by Gasteiger charge is 2.38. The number of aromatic carboxylic acids is 1. The Morgan fingerprint density at radius 3 is 2.24 bits per heavy atom. The highest BCUT2D eigenvalue weighted by Crippen LogP contribution is 2.35. The maximum atomic E-state index is 12.1. The molecule has 29 heavy (non-hydrogen) atoms. The molecule has 2 saturated heterocycles. The van der Waals surface area contributed by atoms with E-state index in [1.54, 1.807) is 0 Å². The van der Waals surface area contributed by atoms with Gasteiger partial charge >= 0.3 is 5.97 Å². The summed E-state index contributed by atoms with van der Waals surface area (Å²) in [5.41, 5.74) is 1.41. The number of benzene rings is 1. The molecule has 3 N–H and O–H groups in total. The van der Waals surface area contributed by atoms with Gasteiger partial charge in [0.15, 0.2) is 5.56 Å². The zero-order valence-electron chi connectivity index (χ0n) is 16.5. The van der Waals surface area contributed by atoms with Crippen molar-refractivity contribution < 1.29 is 15.0 Å². The summed E-state index contributed by atoms with van der Waals surface area (Å²) in [5, 5.41) is 19.5. The molecule has 156 valence electrons. The number of pyridine rings is 1. The lowest BCUT2D eigenvalue weighted by atomic mass is 10.0. The molecule has 8 heteroatoms. The summed E-state index contributed by atoms with van der Waals surface area (Å²) in [6, 6.07) is 7.89. The molecule has 1 aromatic carbocycles. The second kappa shape index (κ2) is 8.08. The summed E-state index contributed by atoms with van der Waals surface area (Å²) in [6.45, 7) is 6.22. The monoisotopic (exact) mass is 419 g/mol. The van der Waals surface area contributed by atoms with Crippen LogP contribution in [0.15, 0.2) is 29.1 Å². The summed E-state index contributed by atoms with van der Waals surface area (Å²) >= 11 is 0. The molecule has 0 amide bonds. The number of anilines is 1. The van der Waals surface area contributed by atoms with Gasteiger partial charge in [-0.1, -0.05) is 19.1 Å². The predicted molar refractivity (Wildman–Crippen MR) is 114 cm³/mol. The maximum absolute atomic E-state index is 12.1. The van der Waals surface area contributed by atoms with E-state index in [4.69, 9.17) is 0 Å². The molecule has 0 bridgehead atoms. The quantitative estimate of drug-likeness (QED) is 0.704. The van der Waals surface area contributed by atoms with Gasteiger partial charge in [0, 0.05) is 37.4 Å². The van der Waals surface area contributed by atoms with Crippen LogP contribution in [-0.2, 0) is 6.42 Å². The van der Waals surface area contributed by atoms with Crippen LogP contribution in [0.5, 0.6) is 5.75 Å². The Hall–Kier alpha value is -2.51. The number of hydrogen-bond donors (Lipinski definition) is 3. The average Bonchev–Trinajstić information content (AvgIpc) is 3.18.